The van der Waals surface area contributed by atoms with Crippen LogP contribution in [0.25, 0.3) is 0 Å². The average molecular weight is 340 g/mol. The Kier molecular flexibility index (Phi) is 4.97. The second kappa shape index (κ2) is 6.94. The third-order valence-corrected chi connectivity index (χ3v) is 2.81. The highest BCUT2D eigenvalue weighted by Gasteiger charge is 2.38. The van der Waals surface area contributed by atoms with Crippen LogP contribution in [0, 0.1) is 0 Å². The summed E-state index contributed by atoms with van der Waals surface area (Å²) < 4.78 is 36.6. The molecule has 0 radical (unpaired) electrons. The monoisotopic (exact) mass is 340 g/mol. The van der Waals surface area contributed by atoms with Crippen molar-refractivity contribution >= 4 is 17.5 Å². The molecule has 0 aliphatic rings. The Morgan fingerprint density at radius 1 is 1.17 bits per heavy atom. The van der Waals surface area contributed by atoms with E-state index < -0.39 is 23.5 Å². The van der Waals surface area contributed by atoms with Gasteiger partial charge >= 0.3 is 12.1 Å². The molecule has 1 aromatic heterocycles. The van der Waals surface area contributed by atoms with E-state index in [-0.39, 0.29) is 17.9 Å². The van der Waals surface area contributed by atoms with Crippen molar-refractivity contribution in [1.82, 2.24) is 15.5 Å². The number of nitrogens with one attached hydrogen (secondary N) is 3. The van der Waals surface area contributed by atoms with Crippen LogP contribution in [-0.4, -0.2) is 28.2 Å². The van der Waals surface area contributed by atoms with Crippen LogP contribution in [0.2, 0.25) is 0 Å². The number of aromatic amines is 1. The van der Waals surface area contributed by atoms with Crippen LogP contribution in [0.3, 0.4) is 0 Å². The molecular weight excluding hydrogens is 329 g/mol. The number of anilines is 1. The summed E-state index contributed by atoms with van der Waals surface area (Å²) in [5.74, 6) is -2.66. The smallest absolute Gasteiger partial charge is 0.347 e. The Labute approximate surface area is 132 Å². The number of rotatable bonds is 4. The molecule has 0 fully saturated rings. The van der Waals surface area contributed by atoms with E-state index in [4.69, 9.17) is 0 Å². The molecule has 1 heterocycles. The van der Waals surface area contributed by atoms with Gasteiger partial charge in [0.25, 0.3) is 11.5 Å². The zero-order chi connectivity index (χ0) is 17.7. The lowest BCUT2D eigenvalue weighted by molar-refractivity contribution is -0.167. The van der Waals surface area contributed by atoms with Gasteiger partial charge < -0.3 is 10.6 Å². The van der Waals surface area contributed by atoms with Crippen LogP contribution in [0.1, 0.15) is 16.1 Å². The molecule has 2 aromatic rings. The van der Waals surface area contributed by atoms with Crippen LogP contribution in [-0.2, 0) is 11.3 Å². The summed E-state index contributed by atoms with van der Waals surface area (Å²) in [5, 5.41) is 9.85. The Hall–Kier alpha value is -3.17. The maximum Gasteiger partial charge on any atom is 0.471 e. The van der Waals surface area contributed by atoms with Gasteiger partial charge in [-0.25, -0.2) is 5.10 Å². The molecule has 7 nitrogen and oxygen atoms in total. The van der Waals surface area contributed by atoms with Crippen LogP contribution in [0.4, 0.5) is 18.9 Å². The predicted molar refractivity (Wildman–Crippen MR) is 77.2 cm³/mol. The fourth-order valence-corrected chi connectivity index (χ4v) is 1.70. The van der Waals surface area contributed by atoms with Crippen molar-refractivity contribution in [1.29, 1.82) is 0 Å². The summed E-state index contributed by atoms with van der Waals surface area (Å²) >= 11 is 0. The number of nitrogens with zero attached hydrogens (tertiary/aromatic N) is 1. The highest BCUT2D eigenvalue weighted by Crippen LogP contribution is 2.18. The number of aromatic nitrogens is 2. The second-order valence-electron chi connectivity index (χ2n) is 4.64. The lowest BCUT2D eigenvalue weighted by atomic mass is 10.2. The van der Waals surface area contributed by atoms with E-state index in [9.17, 15) is 27.6 Å². The molecule has 2 rings (SSSR count). The van der Waals surface area contributed by atoms with Crippen LogP contribution in [0.5, 0.6) is 0 Å². The van der Waals surface area contributed by atoms with Gasteiger partial charge in [0.1, 0.15) is 5.69 Å². The molecule has 2 amide bonds. The normalized spacial score (nSPS) is 11.0. The molecule has 126 valence electrons. The predicted octanol–water partition coefficient (Wildman–Crippen LogP) is 1.20. The Morgan fingerprint density at radius 3 is 2.54 bits per heavy atom. The van der Waals surface area contributed by atoms with Crippen molar-refractivity contribution in [3.8, 4) is 0 Å². The summed E-state index contributed by atoms with van der Waals surface area (Å²) in [7, 11) is 0. The summed E-state index contributed by atoms with van der Waals surface area (Å²) in [6, 6.07) is 7.95. The lowest BCUT2D eigenvalue weighted by Gasteiger charge is -2.10. The summed E-state index contributed by atoms with van der Waals surface area (Å²) in [6.07, 6.45) is -4.99. The quantitative estimate of drug-likeness (QED) is 0.778. The van der Waals surface area contributed by atoms with E-state index >= 15 is 0 Å². The summed E-state index contributed by atoms with van der Waals surface area (Å²) in [4.78, 5) is 33.5. The van der Waals surface area contributed by atoms with Gasteiger partial charge in [0.05, 0.1) is 0 Å². The first-order chi connectivity index (χ1) is 11.3. The van der Waals surface area contributed by atoms with Gasteiger partial charge in [0.15, 0.2) is 0 Å². The number of benzene rings is 1. The minimum atomic E-state index is -4.99. The van der Waals surface area contributed by atoms with E-state index in [1.165, 1.54) is 24.3 Å². The lowest BCUT2D eigenvalue weighted by Crippen LogP contribution is -2.30. The maximum absolute atomic E-state index is 12.2. The minimum Gasteiger partial charge on any atom is -0.347 e. The molecule has 1 aromatic carbocycles. The summed E-state index contributed by atoms with van der Waals surface area (Å²) in [6.45, 7) is -0.00460. The molecule has 0 spiro atoms. The molecular formula is C14H11F3N4O3. The molecule has 0 unspecified atom stereocenters. The first kappa shape index (κ1) is 17.2. The molecule has 10 heteroatoms. The highest BCUT2D eigenvalue weighted by atomic mass is 19.4. The number of halogens is 3. The minimum absolute atomic E-state index is 0.00460. The van der Waals surface area contributed by atoms with Crippen molar-refractivity contribution in [3.05, 3.63) is 58.0 Å². The van der Waals surface area contributed by atoms with Gasteiger partial charge in [-0.15, -0.1) is 0 Å². The number of amides is 2. The molecule has 0 aliphatic heterocycles. The fourth-order valence-electron chi connectivity index (χ4n) is 1.70. The standard InChI is InChI=1S/C14H11F3N4O3/c15-14(16,17)13(24)19-9-3-1-2-8(6-9)7-18-12(23)10-4-5-11(22)21-20-10/h1-6H,7H2,(H,18,23)(H,19,24)(H,21,22). The molecule has 0 atom stereocenters. The highest BCUT2D eigenvalue weighted by molar-refractivity contribution is 5.95. The molecule has 0 aliphatic carbocycles. The Balaban J connectivity index is 1.99. The largest absolute Gasteiger partial charge is 0.471 e. The van der Waals surface area contributed by atoms with Gasteiger partial charge in [0.2, 0.25) is 0 Å². The first-order valence-electron chi connectivity index (χ1n) is 6.57. The number of hydrogen-bond donors (Lipinski definition) is 3. The van der Waals surface area contributed by atoms with Crippen LogP contribution in [0.15, 0.2) is 41.2 Å². The Bertz CT molecular complexity index is 797. The average Bonchev–Trinajstić information content (AvgIpc) is 2.53. The third kappa shape index (κ3) is 4.66. The maximum atomic E-state index is 12.2. The van der Waals surface area contributed by atoms with E-state index in [1.807, 2.05) is 0 Å². The van der Waals surface area contributed by atoms with Crippen molar-refractivity contribution < 1.29 is 22.8 Å². The van der Waals surface area contributed by atoms with Crippen molar-refractivity contribution in [2.24, 2.45) is 0 Å². The van der Waals surface area contributed by atoms with E-state index in [0.29, 0.717) is 5.56 Å². The van der Waals surface area contributed by atoms with Crippen molar-refractivity contribution in [2.75, 3.05) is 5.32 Å². The van der Waals surface area contributed by atoms with E-state index in [2.05, 4.69) is 15.5 Å². The molecule has 3 N–H and O–H groups in total. The molecule has 24 heavy (non-hydrogen) atoms. The topological polar surface area (TPSA) is 104 Å². The van der Waals surface area contributed by atoms with Crippen LogP contribution >= 0.6 is 0 Å². The molecule has 0 saturated carbocycles. The van der Waals surface area contributed by atoms with Gasteiger partial charge in [0, 0.05) is 18.3 Å². The van der Waals surface area contributed by atoms with Crippen LogP contribution < -0.4 is 16.2 Å². The van der Waals surface area contributed by atoms with Gasteiger partial charge in [-0.05, 0) is 23.8 Å². The second-order valence-corrected chi connectivity index (χ2v) is 4.64. The van der Waals surface area contributed by atoms with E-state index in [1.54, 1.807) is 11.4 Å². The number of H-pyrrole nitrogens is 1. The van der Waals surface area contributed by atoms with E-state index in [0.717, 1.165) is 6.07 Å². The van der Waals surface area contributed by atoms with Gasteiger partial charge in [-0.3, -0.25) is 14.4 Å². The number of carbonyl (C=O) groups is 2. The first-order valence-corrected chi connectivity index (χ1v) is 6.57. The number of hydrogen-bond acceptors (Lipinski definition) is 4. The fraction of sp³-hybridized carbons (Fsp3) is 0.143. The molecule has 0 bridgehead atoms. The number of alkyl halides is 3. The Morgan fingerprint density at radius 2 is 1.92 bits per heavy atom. The van der Waals surface area contributed by atoms with Crippen molar-refractivity contribution in [3.63, 3.8) is 0 Å². The van der Waals surface area contributed by atoms with Gasteiger partial charge in [-0.2, -0.15) is 18.3 Å². The number of carbonyl (C=O) groups excluding carboxylic acids is 2. The van der Waals surface area contributed by atoms with Gasteiger partial charge in [-0.1, -0.05) is 12.1 Å². The van der Waals surface area contributed by atoms with Crippen molar-refractivity contribution in [2.45, 2.75) is 12.7 Å². The third-order valence-electron chi connectivity index (χ3n) is 2.81. The summed E-state index contributed by atoms with van der Waals surface area (Å²) in [5.41, 5.74) is -0.0604. The zero-order valence-electron chi connectivity index (χ0n) is 12.0. The molecule has 0 saturated heterocycles. The SMILES string of the molecule is O=C(NCc1cccc(NC(=O)C(F)(F)F)c1)c1ccc(=O)[nH]n1. The zero-order valence-corrected chi connectivity index (χ0v) is 12.0.